The van der Waals surface area contributed by atoms with Crippen LogP contribution in [0.25, 0.3) is 0 Å². The van der Waals surface area contributed by atoms with Crippen molar-refractivity contribution in [2.75, 3.05) is 5.75 Å². The summed E-state index contributed by atoms with van der Waals surface area (Å²) in [5, 5.41) is 9.07. The highest BCUT2D eigenvalue weighted by atomic mass is 32.2. The first-order chi connectivity index (χ1) is 5.83. The summed E-state index contributed by atoms with van der Waals surface area (Å²) in [7, 11) is 0. The molecular weight excluding hydrogens is 188 g/mol. The van der Waals surface area contributed by atoms with Crippen LogP contribution in [-0.2, 0) is 0 Å². The molecule has 1 rings (SSSR count). The molecule has 0 fully saturated rings. The Hall–Kier alpha value is -0.0900. The van der Waals surface area contributed by atoms with Crippen LogP contribution in [-0.4, -0.2) is 16.0 Å². The monoisotopic (exact) mass is 202 g/mol. The van der Waals surface area contributed by atoms with Crippen LogP contribution in [0.2, 0.25) is 0 Å². The molecule has 1 aromatic rings. The summed E-state index contributed by atoms with van der Waals surface area (Å²) >= 11 is 3.51. The topological polar surface area (TPSA) is 25.8 Å². The summed E-state index contributed by atoms with van der Waals surface area (Å²) < 4.78 is 1.11. The zero-order valence-electron chi connectivity index (χ0n) is 7.54. The van der Waals surface area contributed by atoms with E-state index in [1.807, 2.05) is 18.7 Å². The van der Waals surface area contributed by atoms with E-state index < -0.39 is 0 Å². The molecule has 0 aliphatic rings. The van der Waals surface area contributed by atoms with Gasteiger partial charge in [-0.25, -0.2) is 0 Å². The largest absolute Gasteiger partial charge is 0.174 e. The molecule has 1 aromatic heterocycles. The van der Waals surface area contributed by atoms with Crippen LogP contribution in [0.4, 0.5) is 0 Å². The highest BCUT2D eigenvalue weighted by Crippen LogP contribution is 2.22. The van der Waals surface area contributed by atoms with Crippen molar-refractivity contribution in [3.05, 3.63) is 5.01 Å². The number of unbranched alkanes of at least 4 members (excludes halogenated alkanes) is 2. The first-order valence-corrected chi connectivity index (χ1v) is 6.06. The molecule has 68 valence electrons. The summed E-state index contributed by atoms with van der Waals surface area (Å²) in [4.78, 5) is 0. The number of aromatic nitrogens is 2. The maximum absolute atomic E-state index is 4.04. The molecular formula is C8H14N2S2. The van der Waals surface area contributed by atoms with E-state index in [2.05, 4.69) is 17.1 Å². The molecule has 0 spiro atoms. The molecule has 0 amide bonds. The molecule has 12 heavy (non-hydrogen) atoms. The lowest BCUT2D eigenvalue weighted by molar-refractivity contribution is 0.778. The van der Waals surface area contributed by atoms with E-state index in [9.17, 15) is 0 Å². The van der Waals surface area contributed by atoms with Crippen LogP contribution in [0.1, 0.15) is 31.2 Å². The van der Waals surface area contributed by atoms with Crippen LogP contribution in [0.15, 0.2) is 4.34 Å². The van der Waals surface area contributed by atoms with Crippen LogP contribution < -0.4 is 0 Å². The molecule has 0 radical (unpaired) electrons. The molecule has 0 aliphatic heterocycles. The molecule has 0 unspecified atom stereocenters. The molecule has 0 saturated carbocycles. The fourth-order valence-corrected chi connectivity index (χ4v) is 2.73. The minimum atomic E-state index is 1.06. The summed E-state index contributed by atoms with van der Waals surface area (Å²) in [6.45, 7) is 4.22. The minimum absolute atomic E-state index is 1.06. The van der Waals surface area contributed by atoms with E-state index in [4.69, 9.17) is 0 Å². The van der Waals surface area contributed by atoms with Gasteiger partial charge in [0.15, 0.2) is 4.34 Å². The van der Waals surface area contributed by atoms with E-state index in [-0.39, 0.29) is 0 Å². The number of hydrogen-bond acceptors (Lipinski definition) is 4. The van der Waals surface area contributed by atoms with Gasteiger partial charge in [-0.2, -0.15) is 0 Å². The third-order valence-corrected chi connectivity index (χ3v) is 3.54. The van der Waals surface area contributed by atoms with E-state index >= 15 is 0 Å². The van der Waals surface area contributed by atoms with Crippen molar-refractivity contribution in [2.24, 2.45) is 0 Å². The van der Waals surface area contributed by atoms with E-state index in [0.29, 0.717) is 0 Å². The number of thioether (sulfide) groups is 1. The molecule has 1 heterocycles. The first kappa shape index (κ1) is 9.99. The first-order valence-electron chi connectivity index (χ1n) is 4.26. The summed E-state index contributed by atoms with van der Waals surface area (Å²) in [5.74, 6) is 1.18. The third kappa shape index (κ3) is 3.54. The fourth-order valence-electron chi connectivity index (χ4n) is 0.848. The van der Waals surface area contributed by atoms with E-state index in [1.165, 1.54) is 25.0 Å². The summed E-state index contributed by atoms with van der Waals surface area (Å²) in [6, 6.07) is 0. The quantitative estimate of drug-likeness (QED) is 0.542. The molecule has 2 nitrogen and oxygen atoms in total. The Kier molecular flexibility index (Phi) is 4.61. The van der Waals surface area contributed by atoms with Crippen molar-refractivity contribution >= 4 is 23.1 Å². The second kappa shape index (κ2) is 5.54. The van der Waals surface area contributed by atoms with E-state index in [0.717, 1.165) is 9.35 Å². The average molecular weight is 202 g/mol. The lowest BCUT2D eigenvalue weighted by atomic mass is 10.3. The average Bonchev–Trinajstić information content (AvgIpc) is 2.45. The van der Waals surface area contributed by atoms with Gasteiger partial charge in [0, 0.05) is 5.75 Å². The Labute approximate surface area is 81.8 Å². The maximum Gasteiger partial charge on any atom is 0.174 e. The number of rotatable bonds is 5. The van der Waals surface area contributed by atoms with Gasteiger partial charge in [0.2, 0.25) is 0 Å². The predicted molar refractivity (Wildman–Crippen MR) is 54.9 cm³/mol. The Morgan fingerprint density at radius 2 is 2.17 bits per heavy atom. The van der Waals surface area contributed by atoms with Gasteiger partial charge < -0.3 is 0 Å². The Morgan fingerprint density at radius 1 is 1.33 bits per heavy atom. The Morgan fingerprint density at radius 3 is 2.75 bits per heavy atom. The SMILES string of the molecule is CCCCCSc1nnc(C)s1. The fraction of sp³-hybridized carbons (Fsp3) is 0.750. The van der Waals surface area contributed by atoms with Crippen LogP contribution in [0, 0.1) is 6.92 Å². The van der Waals surface area contributed by atoms with Gasteiger partial charge in [-0.3, -0.25) is 0 Å². The second-order valence-electron chi connectivity index (χ2n) is 2.64. The third-order valence-electron chi connectivity index (χ3n) is 1.48. The number of aryl methyl sites for hydroxylation is 1. The van der Waals surface area contributed by atoms with Gasteiger partial charge in [0.25, 0.3) is 0 Å². The summed E-state index contributed by atoms with van der Waals surface area (Å²) in [6.07, 6.45) is 3.90. The van der Waals surface area contributed by atoms with Gasteiger partial charge in [-0.15, -0.1) is 10.2 Å². The van der Waals surface area contributed by atoms with Crippen molar-refractivity contribution in [2.45, 2.75) is 37.4 Å². The Balaban J connectivity index is 2.15. The highest BCUT2D eigenvalue weighted by Gasteiger charge is 1.99. The van der Waals surface area contributed by atoms with Crippen molar-refractivity contribution in [1.82, 2.24) is 10.2 Å². The minimum Gasteiger partial charge on any atom is -0.143 e. The lowest BCUT2D eigenvalue weighted by Gasteiger charge is -1.94. The second-order valence-corrected chi connectivity index (χ2v) is 5.17. The smallest absolute Gasteiger partial charge is 0.143 e. The van der Waals surface area contributed by atoms with Gasteiger partial charge >= 0.3 is 0 Å². The van der Waals surface area contributed by atoms with Crippen LogP contribution in [0.5, 0.6) is 0 Å². The van der Waals surface area contributed by atoms with Gasteiger partial charge in [-0.1, -0.05) is 42.9 Å². The standard InChI is InChI=1S/C8H14N2S2/c1-3-4-5-6-11-8-10-9-7(2)12-8/h3-6H2,1-2H3. The van der Waals surface area contributed by atoms with Crippen molar-refractivity contribution in [3.8, 4) is 0 Å². The number of hydrogen-bond donors (Lipinski definition) is 0. The predicted octanol–water partition coefficient (Wildman–Crippen LogP) is 3.13. The molecule has 0 bridgehead atoms. The number of nitrogens with zero attached hydrogens (tertiary/aromatic N) is 2. The zero-order chi connectivity index (χ0) is 8.81. The molecule has 0 aromatic carbocycles. The molecule has 0 aliphatic carbocycles. The van der Waals surface area contributed by atoms with Crippen LogP contribution >= 0.6 is 23.1 Å². The summed E-state index contributed by atoms with van der Waals surface area (Å²) in [5.41, 5.74) is 0. The maximum atomic E-state index is 4.04. The van der Waals surface area contributed by atoms with Crippen molar-refractivity contribution in [3.63, 3.8) is 0 Å². The lowest BCUT2D eigenvalue weighted by Crippen LogP contribution is -1.79. The molecule has 4 heteroatoms. The normalized spacial score (nSPS) is 10.5. The van der Waals surface area contributed by atoms with Gasteiger partial charge in [-0.05, 0) is 13.3 Å². The van der Waals surface area contributed by atoms with Gasteiger partial charge in [0.1, 0.15) is 5.01 Å². The van der Waals surface area contributed by atoms with Crippen LogP contribution in [0.3, 0.4) is 0 Å². The molecule has 0 atom stereocenters. The molecule has 0 N–H and O–H groups in total. The molecule has 0 saturated heterocycles. The van der Waals surface area contributed by atoms with E-state index in [1.54, 1.807) is 11.3 Å². The highest BCUT2D eigenvalue weighted by molar-refractivity contribution is 8.01. The van der Waals surface area contributed by atoms with Gasteiger partial charge in [0.05, 0.1) is 0 Å². The van der Waals surface area contributed by atoms with Crippen molar-refractivity contribution in [1.29, 1.82) is 0 Å². The van der Waals surface area contributed by atoms with Crippen molar-refractivity contribution < 1.29 is 0 Å². The zero-order valence-corrected chi connectivity index (χ0v) is 9.17. The Bertz CT molecular complexity index is 223.